The number of carbonyl (C=O) groups is 1. The van der Waals surface area contributed by atoms with Crippen LogP contribution in [0.4, 0.5) is 0 Å². The van der Waals surface area contributed by atoms with Crippen molar-refractivity contribution >= 4 is 27.5 Å². The molecule has 1 aliphatic rings. The Labute approximate surface area is 160 Å². The SMILES string of the molecule is CCn1c(=NC(=O)[C@H]2COc3ccccc3O2)sc2c(C)ccc(OC)c21. The number of aromatic nitrogens is 1. The summed E-state index contributed by atoms with van der Waals surface area (Å²) < 4.78 is 20.0. The molecule has 1 aliphatic heterocycles. The van der Waals surface area contributed by atoms with Crippen molar-refractivity contribution in [2.75, 3.05) is 13.7 Å². The Bertz CT molecular complexity index is 1080. The van der Waals surface area contributed by atoms with Crippen LogP contribution in [0.3, 0.4) is 0 Å². The third-order valence-corrected chi connectivity index (χ3v) is 5.73. The van der Waals surface area contributed by atoms with Gasteiger partial charge in [-0.15, -0.1) is 0 Å². The van der Waals surface area contributed by atoms with Crippen molar-refractivity contribution in [3.05, 3.63) is 46.8 Å². The van der Waals surface area contributed by atoms with Crippen LogP contribution < -0.4 is 19.0 Å². The van der Waals surface area contributed by atoms with E-state index in [-0.39, 0.29) is 12.5 Å². The van der Waals surface area contributed by atoms with Crippen molar-refractivity contribution < 1.29 is 19.0 Å². The summed E-state index contributed by atoms with van der Waals surface area (Å²) in [7, 11) is 1.65. The fourth-order valence-electron chi connectivity index (χ4n) is 3.13. The summed E-state index contributed by atoms with van der Waals surface area (Å²) in [5, 5.41) is 0. The van der Waals surface area contributed by atoms with Gasteiger partial charge in [-0.2, -0.15) is 4.99 Å². The summed E-state index contributed by atoms with van der Waals surface area (Å²) in [6.45, 7) is 4.89. The van der Waals surface area contributed by atoms with Crippen LogP contribution in [0.2, 0.25) is 0 Å². The Morgan fingerprint density at radius 2 is 2.07 bits per heavy atom. The highest BCUT2D eigenvalue weighted by Gasteiger charge is 2.27. The second kappa shape index (κ2) is 7.08. The molecule has 4 rings (SSSR count). The van der Waals surface area contributed by atoms with Gasteiger partial charge in [-0.3, -0.25) is 4.79 Å². The maximum absolute atomic E-state index is 12.8. The van der Waals surface area contributed by atoms with E-state index in [4.69, 9.17) is 14.2 Å². The van der Waals surface area contributed by atoms with Crippen molar-refractivity contribution in [1.29, 1.82) is 0 Å². The lowest BCUT2D eigenvalue weighted by molar-refractivity contribution is -0.127. The van der Waals surface area contributed by atoms with E-state index in [2.05, 4.69) is 4.99 Å². The predicted octanol–water partition coefficient (Wildman–Crippen LogP) is 3.31. The third kappa shape index (κ3) is 3.08. The van der Waals surface area contributed by atoms with Gasteiger partial charge in [-0.1, -0.05) is 29.5 Å². The number of aryl methyl sites for hydroxylation is 2. The van der Waals surface area contributed by atoms with Crippen LogP contribution in [0.25, 0.3) is 10.2 Å². The second-order valence-corrected chi connectivity index (χ2v) is 7.18. The number of rotatable bonds is 3. The Balaban J connectivity index is 1.75. The van der Waals surface area contributed by atoms with Gasteiger partial charge in [0.15, 0.2) is 16.3 Å². The maximum Gasteiger partial charge on any atom is 0.292 e. The number of hydrogen-bond acceptors (Lipinski definition) is 5. The molecule has 27 heavy (non-hydrogen) atoms. The summed E-state index contributed by atoms with van der Waals surface area (Å²) >= 11 is 1.48. The molecule has 0 unspecified atom stereocenters. The lowest BCUT2D eigenvalue weighted by Gasteiger charge is -2.23. The molecule has 2 aromatic carbocycles. The van der Waals surface area contributed by atoms with Crippen LogP contribution in [-0.2, 0) is 11.3 Å². The first-order chi connectivity index (χ1) is 13.1. The van der Waals surface area contributed by atoms with Gasteiger partial charge in [0.1, 0.15) is 17.9 Å². The number of thiazole rings is 1. The van der Waals surface area contributed by atoms with E-state index >= 15 is 0 Å². The van der Waals surface area contributed by atoms with E-state index in [1.165, 1.54) is 11.3 Å². The molecule has 0 aliphatic carbocycles. The van der Waals surface area contributed by atoms with E-state index in [0.29, 0.717) is 22.8 Å². The van der Waals surface area contributed by atoms with Gasteiger partial charge in [0.25, 0.3) is 5.91 Å². The quantitative estimate of drug-likeness (QED) is 0.695. The number of benzene rings is 2. The molecule has 6 nitrogen and oxygen atoms in total. The summed E-state index contributed by atoms with van der Waals surface area (Å²) in [6.07, 6.45) is -0.751. The van der Waals surface area contributed by atoms with Gasteiger partial charge in [-0.05, 0) is 37.6 Å². The molecule has 0 bridgehead atoms. The van der Waals surface area contributed by atoms with Crippen LogP contribution in [0.5, 0.6) is 17.2 Å². The summed E-state index contributed by atoms with van der Waals surface area (Å²) in [6, 6.07) is 11.3. The number of ether oxygens (including phenoxy) is 3. The highest BCUT2D eigenvalue weighted by molar-refractivity contribution is 7.16. The minimum atomic E-state index is -0.751. The largest absolute Gasteiger partial charge is 0.495 e. The van der Waals surface area contributed by atoms with Crippen LogP contribution >= 0.6 is 11.3 Å². The molecule has 3 aromatic rings. The van der Waals surface area contributed by atoms with Gasteiger partial charge < -0.3 is 18.8 Å². The number of para-hydroxylation sites is 2. The highest BCUT2D eigenvalue weighted by Crippen LogP contribution is 2.32. The molecule has 1 atom stereocenters. The smallest absolute Gasteiger partial charge is 0.292 e. The first kappa shape index (κ1) is 17.6. The van der Waals surface area contributed by atoms with E-state index in [1.54, 1.807) is 13.2 Å². The number of carbonyl (C=O) groups excluding carboxylic acids is 1. The average molecular weight is 384 g/mol. The molecule has 0 radical (unpaired) electrons. The standard InChI is InChI=1S/C20H20N2O4S/c1-4-22-17-15(24-3)10-9-12(2)18(17)27-20(22)21-19(23)16-11-25-13-7-5-6-8-14(13)26-16/h5-10,16H,4,11H2,1-3H3/t16-/m1/s1. The molecule has 1 aromatic heterocycles. The van der Waals surface area contributed by atoms with Gasteiger partial charge in [0.2, 0.25) is 6.10 Å². The Morgan fingerprint density at radius 1 is 1.30 bits per heavy atom. The zero-order chi connectivity index (χ0) is 19.0. The molecule has 0 N–H and O–H groups in total. The van der Waals surface area contributed by atoms with Crippen molar-refractivity contribution in [1.82, 2.24) is 4.57 Å². The van der Waals surface area contributed by atoms with Crippen molar-refractivity contribution in [2.24, 2.45) is 4.99 Å². The zero-order valence-corrected chi connectivity index (χ0v) is 16.2. The van der Waals surface area contributed by atoms with Crippen LogP contribution in [0.1, 0.15) is 12.5 Å². The Kier molecular flexibility index (Phi) is 4.61. The van der Waals surface area contributed by atoms with Gasteiger partial charge >= 0.3 is 0 Å². The molecule has 0 saturated heterocycles. The molecule has 140 valence electrons. The highest BCUT2D eigenvalue weighted by atomic mass is 32.1. The second-order valence-electron chi connectivity index (χ2n) is 6.21. The lowest BCUT2D eigenvalue weighted by Crippen LogP contribution is -2.36. The Morgan fingerprint density at radius 3 is 2.81 bits per heavy atom. The average Bonchev–Trinajstić information content (AvgIpc) is 3.07. The van der Waals surface area contributed by atoms with Gasteiger partial charge in [0.05, 0.1) is 11.8 Å². The summed E-state index contributed by atoms with van der Waals surface area (Å²) in [5.41, 5.74) is 2.08. The molecular formula is C20H20N2O4S. The minimum absolute atomic E-state index is 0.152. The number of amides is 1. The van der Waals surface area contributed by atoms with E-state index in [1.807, 2.05) is 48.7 Å². The van der Waals surface area contributed by atoms with E-state index in [9.17, 15) is 4.79 Å². The predicted molar refractivity (Wildman–Crippen MR) is 104 cm³/mol. The number of methoxy groups -OCH3 is 1. The van der Waals surface area contributed by atoms with Gasteiger partial charge in [-0.25, -0.2) is 0 Å². The topological polar surface area (TPSA) is 62.1 Å². The molecule has 0 spiro atoms. The molecule has 0 fully saturated rings. The number of nitrogens with zero attached hydrogens (tertiary/aromatic N) is 2. The molecule has 2 heterocycles. The van der Waals surface area contributed by atoms with Crippen molar-refractivity contribution in [3.8, 4) is 17.2 Å². The molecule has 1 amide bonds. The zero-order valence-electron chi connectivity index (χ0n) is 15.4. The maximum atomic E-state index is 12.8. The molecule has 7 heteroatoms. The molecule has 0 saturated carbocycles. The molecular weight excluding hydrogens is 364 g/mol. The van der Waals surface area contributed by atoms with Crippen molar-refractivity contribution in [2.45, 2.75) is 26.5 Å². The Hall–Kier alpha value is -2.80. The first-order valence-electron chi connectivity index (χ1n) is 8.76. The summed E-state index contributed by atoms with van der Waals surface area (Å²) in [4.78, 5) is 17.7. The van der Waals surface area contributed by atoms with E-state index in [0.717, 1.165) is 21.5 Å². The fraction of sp³-hybridized carbons (Fsp3) is 0.300. The third-order valence-electron chi connectivity index (χ3n) is 4.51. The number of fused-ring (bicyclic) bond motifs is 2. The normalized spacial score (nSPS) is 16.6. The minimum Gasteiger partial charge on any atom is -0.495 e. The summed E-state index contributed by atoms with van der Waals surface area (Å²) in [5.74, 6) is 1.63. The monoisotopic (exact) mass is 384 g/mol. The fourth-order valence-corrected chi connectivity index (χ4v) is 4.31. The van der Waals surface area contributed by atoms with Crippen LogP contribution in [-0.4, -0.2) is 30.3 Å². The van der Waals surface area contributed by atoms with Gasteiger partial charge in [0, 0.05) is 6.54 Å². The number of hydrogen-bond donors (Lipinski definition) is 0. The van der Waals surface area contributed by atoms with Crippen LogP contribution in [0, 0.1) is 6.92 Å². The van der Waals surface area contributed by atoms with Crippen LogP contribution in [0.15, 0.2) is 41.4 Å². The van der Waals surface area contributed by atoms with E-state index < -0.39 is 6.10 Å². The van der Waals surface area contributed by atoms with Crippen molar-refractivity contribution in [3.63, 3.8) is 0 Å². The first-order valence-corrected chi connectivity index (χ1v) is 9.58. The lowest BCUT2D eigenvalue weighted by atomic mass is 10.2.